The number of benzene rings is 1. The summed E-state index contributed by atoms with van der Waals surface area (Å²) in [6, 6.07) is 6.78. The zero-order valence-corrected chi connectivity index (χ0v) is 15.4. The second kappa shape index (κ2) is 9.88. The van der Waals surface area contributed by atoms with Gasteiger partial charge in [-0.2, -0.15) is 0 Å². The molecule has 0 fully saturated rings. The topological polar surface area (TPSA) is 38.0 Å². The fraction of sp³-hybridized carbons (Fsp3) is 0.474. The van der Waals surface area contributed by atoms with E-state index >= 15 is 0 Å². The standard InChI is InChI=1S/C19H30N2S/c1-6-7-10-22-19(15(4)5)17-9-8-16(12-21-13-20)11-18(17)14(2)3/h7-11,14,21H,6,12-13,20H2,1-5H3/b10-7-. The van der Waals surface area contributed by atoms with E-state index in [9.17, 15) is 0 Å². The Hall–Kier alpha value is -1.03. The molecule has 0 atom stereocenters. The predicted octanol–water partition coefficient (Wildman–Crippen LogP) is 5.22. The molecule has 0 amide bonds. The Morgan fingerprint density at radius 1 is 1.32 bits per heavy atom. The third-order valence-electron chi connectivity index (χ3n) is 3.43. The van der Waals surface area contributed by atoms with Crippen LogP contribution in [-0.2, 0) is 6.54 Å². The molecule has 0 aliphatic rings. The molecule has 0 unspecified atom stereocenters. The van der Waals surface area contributed by atoms with Crippen LogP contribution in [0.3, 0.4) is 0 Å². The minimum Gasteiger partial charge on any atom is -0.318 e. The van der Waals surface area contributed by atoms with Crippen molar-refractivity contribution in [3.8, 4) is 0 Å². The van der Waals surface area contributed by atoms with Gasteiger partial charge in [0.1, 0.15) is 0 Å². The van der Waals surface area contributed by atoms with Crippen LogP contribution in [-0.4, -0.2) is 6.67 Å². The van der Waals surface area contributed by atoms with Gasteiger partial charge < -0.3 is 11.1 Å². The van der Waals surface area contributed by atoms with Crippen LogP contribution in [0, 0.1) is 0 Å². The number of allylic oxidation sites excluding steroid dienone is 2. The van der Waals surface area contributed by atoms with E-state index in [1.54, 1.807) is 0 Å². The first-order chi connectivity index (χ1) is 10.5. The lowest BCUT2D eigenvalue weighted by Gasteiger charge is -2.18. The fourth-order valence-electron chi connectivity index (χ4n) is 2.29. The number of nitrogens with one attached hydrogen (secondary N) is 1. The maximum atomic E-state index is 5.53. The second-order valence-corrected chi connectivity index (χ2v) is 6.85. The van der Waals surface area contributed by atoms with Crippen LogP contribution in [0.5, 0.6) is 0 Å². The summed E-state index contributed by atoms with van der Waals surface area (Å²) in [4.78, 5) is 1.37. The number of rotatable bonds is 8. The largest absolute Gasteiger partial charge is 0.318 e. The lowest BCUT2D eigenvalue weighted by Crippen LogP contribution is -2.21. The van der Waals surface area contributed by atoms with Crippen LogP contribution in [0.25, 0.3) is 4.91 Å². The third kappa shape index (κ3) is 5.64. The van der Waals surface area contributed by atoms with Crippen LogP contribution >= 0.6 is 11.8 Å². The predicted molar refractivity (Wildman–Crippen MR) is 102 cm³/mol. The van der Waals surface area contributed by atoms with Crippen molar-refractivity contribution in [1.82, 2.24) is 5.32 Å². The average Bonchev–Trinajstić information content (AvgIpc) is 2.49. The molecule has 0 aliphatic heterocycles. The van der Waals surface area contributed by atoms with Crippen LogP contribution in [0.1, 0.15) is 63.6 Å². The Morgan fingerprint density at radius 2 is 2.05 bits per heavy atom. The molecule has 0 bridgehead atoms. The van der Waals surface area contributed by atoms with Gasteiger partial charge in [-0.1, -0.05) is 62.4 Å². The van der Waals surface area contributed by atoms with E-state index in [0.29, 0.717) is 12.6 Å². The Morgan fingerprint density at radius 3 is 2.59 bits per heavy atom. The zero-order valence-electron chi connectivity index (χ0n) is 14.6. The highest BCUT2D eigenvalue weighted by molar-refractivity contribution is 8.10. The summed E-state index contributed by atoms with van der Waals surface area (Å²) in [5, 5.41) is 5.40. The van der Waals surface area contributed by atoms with Crippen molar-refractivity contribution >= 4 is 16.7 Å². The smallest absolute Gasteiger partial charge is 0.0431 e. The van der Waals surface area contributed by atoms with E-state index in [1.807, 2.05) is 11.8 Å². The molecule has 0 spiro atoms. The molecule has 1 aromatic carbocycles. The number of thioether (sulfide) groups is 1. The normalized spacial score (nSPS) is 11.4. The van der Waals surface area contributed by atoms with E-state index in [2.05, 4.69) is 69.6 Å². The summed E-state index contributed by atoms with van der Waals surface area (Å²) in [6.07, 6.45) is 3.28. The molecule has 22 heavy (non-hydrogen) atoms. The summed E-state index contributed by atoms with van der Waals surface area (Å²) in [5.74, 6) is 0.498. The maximum absolute atomic E-state index is 5.53. The molecule has 1 aromatic rings. The SMILES string of the molecule is CC/C=C\SC(=C(C)C)c1ccc(CNCN)cc1C(C)C. The first kappa shape index (κ1) is 19.0. The summed E-state index contributed by atoms with van der Waals surface area (Å²) in [5.41, 5.74) is 10.9. The van der Waals surface area contributed by atoms with Gasteiger partial charge in [-0.25, -0.2) is 0 Å². The number of hydrogen-bond acceptors (Lipinski definition) is 3. The van der Waals surface area contributed by atoms with Gasteiger partial charge in [0.05, 0.1) is 0 Å². The molecule has 3 N–H and O–H groups in total. The zero-order chi connectivity index (χ0) is 16.5. The van der Waals surface area contributed by atoms with E-state index in [0.717, 1.165) is 13.0 Å². The van der Waals surface area contributed by atoms with Gasteiger partial charge in [-0.15, -0.1) is 0 Å². The average molecular weight is 319 g/mol. The molecule has 1 rings (SSSR count). The quantitative estimate of drug-likeness (QED) is 0.645. The van der Waals surface area contributed by atoms with Gasteiger partial charge >= 0.3 is 0 Å². The summed E-state index contributed by atoms with van der Waals surface area (Å²) >= 11 is 1.83. The molecule has 0 radical (unpaired) electrons. The van der Waals surface area contributed by atoms with E-state index < -0.39 is 0 Å². The van der Waals surface area contributed by atoms with Crippen molar-refractivity contribution in [1.29, 1.82) is 0 Å². The minimum absolute atomic E-state index is 0.498. The third-order valence-corrected chi connectivity index (χ3v) is 4.62. The molecule has 0 saturated carbocycles. The molecule has 0 saturated heterocycles. The van der Waals surface area contributed by atoms with Crippen LogP contribution in [0.15, 0.2) is 35.3 Å². The summed E-state index contributed by atoms with van der Waals surface area (Å²) in [6.45, 7) is 12.4. The Bertz CT molecular complexity index is 526. The number of nitrogens with two attached hydrogens (primary N) is 1. The molecule has 0 heterocycles. The Balaban J connectivity index is 3.19. The highest BCUT2D eigenvalue weighted by Gasteiger charge is 2.13. The minimum atomic E-state index is 0.498. The van der Waals surface area contributed by atoms with Gasteiger partial charge in [0, 0.05) is 18.1 Å². The fourth-order valence-corrected chi connectivity index (χ4v) is 3.26. The molecule has 122 valence electrons. The first-order valence-corrected chi connectivity index (χ1v) is 8.92. The van der Waals surface area contributed by atoms with Crippen molar-refractivity contribution in [2.24, 2.45) is 5.73 Å². The van der Waals surface area contributed by atoms with E-state index in [-0.39, 0.29) is 0 Å². The van der Waals surface area contributed by atoms with Crippen LogP contribution in [0.4, 0.5) is 0 Å². The molecular weight excluding hydrogens is 288 g/mol. The van der Waals surface area contributed by atoms with Crippen molar-refractivity contribution in [2.75, 3.05) is 6.67 Å². The lowest BCUT2D eigenvalue weighted by atomic mass is 9.93. The highest BCUT2D eigenvalue weighted by Crippen LogP contribution is 2.36. The van der Waals surface area contributed by atoms with Gasteiger partial charge in [-0.3, -0.25) is 0 Å². The summed E-state index contributed by atoms with van der Waals surface area (Å²) in [7, 11) is 0. The van der Waals surface area contributed by atoms with E-state index in [1.165, 1.54) is 27.2 Å². The maximum Gasteiger partial charge on any atom is 0.0431 e. The summed E-state index contributed by atoms with van der Waals surface area (Å²) < 4.78 is 0. The molecule has 0 aromatic heterocycles. The van der Waals surface area contributed by atoms with Crippen molar-refractivity contribution < 1.29 is 0 Å². The van der Waals surface area contributed by atoms with Crippen LogP contribution in [0.2, 0.25) is 0 Å². The van der Waals surface area contributed by atoms with Crippen LogP contribution < -0.4 is 11.1 Å². The molecule has 0 aliphatic carbocycles. The van der Waals surface area contributed by atoms with Crippen molar-refractivity contribution in [2.45, 2.75) is 53.5 Å². The van der Waals surface area contributed by atoms with Crippen molar-refractivity contribution in [3.05, 3.63) is 51.9 Å². The van der Waals surface area contributed by atoms with Crippen molar-refractivity contribution in [3.63, 3.8) is 0 Å². The van der Waals surface area contributed by atoms with Gasteiger partial charge in [0.15, 0.2) is 0 Å². The first-order valence-electron chi connectivity index (χ1n) is 8.04. The lowest BCUT2D eigenvalue weighted by molar-refractivity contribution is 0.707. The number of hydrogen-bond donors (Lipinski definition) is 2. The highest BCUT2D eigenvalue weighted by atomic mass is 32.2. The molecule has 2 nitrogen and oxygen atoms in total. The Kier molecular flexibility index (Phi) is 8.54. The second-order valence-electron chi connectivity index (χ2n) is 5.93. The van der Waals surface area contributed by atoms with Gasteiger partial charge in [0.2, 0.25) is 0 Å². The van der Waals surface area contributed by atoms with Gasteiger partial charge in [0.25, 0.3) is 0 Å². The monoisotopic (exact) mass is 318 g/mol. The molecular formula is C19H30N2S. The Labute approximate surface area is 140 Å². The van der Waals surface area contributed by atoms with Gasteiger partial charge in [-0.05, 0) is 48.3 Å². The van der Waals surface area contributed by atoms with E-state index in [4.69, 9.17) is 5.73 Å². The molecule has 3 heteroatoms.